The van der Waals surface area contributed by atoms with Crippen molar-refractivity contribution in [1.82, 2.24) is 10.6 Å². The van der Waals surface area contributed by atoms with Crippen LogP contribution in [0.4, 0.5) is 18.0 Å². The third-order valence-corrected chi connectivity index (χ3v) is 1.53. The first-order valence-electron chi connectivity index (χ1n) is 4.46. The molecule has 6 heteroatoms. The van der Waals surface area contributed by atoms with Crippen molar-refractivity contribution in [2.75, 3.05) is 6.54 Å². The summed E-state index contributed by atoms with van der Waals surface area (Å²) in [5.74, 6) is 2.28. The lowest BCUT2D eigenvalue weighted by molar-refractivity contribution is -0.122. The van der Waals surface area contributed by atoms with E-state index in [1.807, 2.05) is 6.92 Å². The number of hydrogen-bond donors (Lipinski definition) is 2. The first-order chi connectivity index (χ1) is 6.89. The van der Waals surface area contributed by atoms with E-state index >= 15 is 0 Å². The summed E-state index contributed by atoms with van der Waals surface area (Å²) in [6.45, 7) is 0.502. The van der Waals surface area contributed by atoms with Crippen LogP contribution in [0.1, 0.15) is 19.8 Å². The molecular formula is C9H13F3N2O. The fourth-order valence-corrected chi connectivity index (χ4v) is 0.876. The Morgan fingerprint density at radius 1 is 1.53 bits per heavy atom. The van der Waals surface area contributed by atoms with Gasteiger partial charge in [0.2, 0.25) is 0 Å². The summed E-state index contributed by atoms with van der Waals surface area (Å²) >= 11 is 0. The Bertz CT molecular complexity index is 245. The van der Waals surface area contributed by atoms with E-state index in [4.69, 9.17) is 6.42 Å². The van der Waals surface area contributed by atoms with Crippen molar-refractivity contribution >= 4 is 6.03 Å². The van der Waals surface area contributed by atoms with Crippen LogP contribution >= 0.6 is 0 Å². The number of terminal acetylenes is 1. The van der Waals surface area contributed by atoms with Crippen molar-refractivity contribution in [2.45, 2.75) is 32.0 Å². The minimum absolute atomic E-state index is 0.525. The molecule has 0 aromatic carbocycles. The molecule has 3 nitrogen and oxygen atoms in total. The molecule has 0 aliphatic carbocycles. The molecule has 0 heterocycles. The minimum atomic E-state index is -4.41. The number of amides is 2. The van der Waals surface area contributed by atoms with Gasteiger partial charge in [0.15, 0.2) is 0 Å². The average molecular weight is 222 g/mol. The number of alkyl halides is 3. The summed E-state index contributed by atoms with van der Waals surface area (Å²) in [4.78, 5) is 10.9. The van der Waals surface area contributed by atoms with Gasteiger partial charge in [-0.3, -0.25) is 0 Å². The maximum absolute atomic E-state index is 11.7. The molecule has 2 amide bonds. The normalized spacial score (nSPS) is 12.7. The summed E-state index contributed by atoms with van der Waals surface area (Å²) in [5.41, 5.74) is 0. The molecule has 0 spiro atoms. The van der Waals surface area contributed by atoms with Crippen molar-refractivity contribution in [2.24, 2.45) is 0 Å². The van der Waals surface area contributed by atoms with Crippen LogP contribution in [0.15, 0.2) is 0 Å². The van der Waals surface area contributed by atoms with Gasteiger partial charge in [0.1, 0.15) is 6.54 Å². The number of halogens is 3. The van der Waals surface area contributed by atoms with Crippen molar-refractivity contribution in [1.29, 1.82) is 0 Å². The summed E-state index contributed by atoms with van der Waals surface area (Å²) in [7, 11) is 0. The van der Waals surface area contributed by atoms with Gasteiger partial charge in [-0.05, 0) is 6.42 Å². The van der Waals surface area contributed by atoms with E-state index in [1.165, 1.54) is 0 Å². The van der Waals surface area contributed by atoms with E-state index in [0.29, 0.717) is 6.42 Å². The molecule has 0 radical (unpaired) electrons. The highest BCUT2D eigenvalue weighted by molar-refractivity contribution is 5.74. The quantitative estimate of drug-likeness (QED) is 0.698. The van der Waals surface area contributed by atoms with Crippen LogP contribution in [0, 0.1) is 12.3 Å². The Morgan fingerprint density at radius 2 is 2.13 bits per heavy atom. The number of rotatable bonds is 4. The van der Waals surface area contributed by atoms with Crippen LogP contribution in [0.3, 0.4) is 0 Å². The van der Waals surface area contributed by atoms with Gasteiger partial charge in [-0.2, -0.15) is 13.2 Å². The van der Waals surface area contributed by atoms with Gasteiger partial charge < -0.3 is 10.6 Å². The van der Waals surface area contributed by atoms with Crippen LogP contribution < -0.4 is 10.6 Å². The lowest BCUT2D eigenvalue weighted by atomic mass is 10.2. The summed E-state index contributed by atoms with van der Waals surface area (Å²) in [5, 5.41) is 3.93. The predicted octanol–water partition coefficient (Wildman–Crippen LogP) is 1.65. The van der Waals surface area contributed by atoms with Crippen molar-refractivity contribution in [3.63, 3.8) is 0 Å². The largest absolute Gasteiger partial charge is 0.405 e. The standard InChI is InChI=1S/C9H13F3N2O/c1-3-5-7(4-2)14-8(15)13-6-9(10,11)12/h2,7H,3,5-6H2,1H3,(H2,13,14,15). The third-order valence-electron chi connectivity index (χ3n) is 1.53. The molecule has 86 valence electrons. The molecule has 0 fully saturated rings. The molecule has 0 rings (SSSR count). The van der Waals surface area contributed by atoms with Crippen LogP contribution in [-0.2, 0) is 0 Å². The molecule has 2 N–H and O–H groups in total. The maximum Gasteiger partial charge on any atom is 0.405 e. The molecule has 0 saturated heterocycles. The van der Waals surface area contributed by atoms with E-state index in [-0.39, 0.29) is 0 Å². The molecule has 0 aliphatic heterocycles. The highest BCUT2D eigenvalue weighted by atomic mass is 19.4. The zero-order valence-corrected chi connectivity index (χ0v) is 8.32. The first-order valence-corrected chi connectivity index (χ1v) is 4.46. The Balaban J connectivity index is 3.88. The number of carbonyl (C=O) groups is 1. The summed E-state index contributed by atoms with van der Waals surface area (Å²) in [6.07, 6.45) is 1.95. The lowest BCUT2D eigenvalue weighted by Gasteiger charge is -2.13. The fourth-order valence-electron chi connectivity index (χ4n) is 0.876. The second-order valence-electron chi connectivity index (χ2n) is 2.95. The van der Waals surface area contributed by atoms with Gasteiger partial charge in [-0.15, -0.1) is 6.42 Å². The smallest absolute Gasteiger partial charge is 0.329 e. The highest BCUT2D eigenvalue weighted by Gasteiger charge is 2.27. The average Bonchev–Trinajstić information content (AvgIpc) is 2.13. The van der Waals surface area contributed by atoms with Gasteiger partial charge in [-0.25, -0.2) is 4.79 Å². The number of carbonyl (C=O) groups excluding carboxylic acids is 1. The van der Waals surface area contributed by atoms with Crippen LogP contribution in [0.5, 0.6) is 0 Å². The van der Waals surface area contributed by atoms with Crippen LogP contribution in [0.25, 0.3) is 0 Å². The SMILES string of the molecule is C#CC(CCC)NC(=O)NCC(F)(F)F. The molecule has 1 unspecified atom stereocenters. The monoisotopic (exact) mass is 222 g/mol. The van der Waals surface area contributed by atoms with E-state index < -0.39 is 24.8 Å². The Morgan fingerprint density at radius 3 is 2.53 bits per heavy atom. The lowest BCUT2D eigenvalue weighted by Crippen LogP contribution is -2.44. The summed E-state index contributed by atoms with van der Waals surface area (Å²) < 4.78 is 35.1. The maximum atomic E-state index is 11.7. The topological polar surface area (TPSA) is 41.1 Å². The van der Waals surface area contributed by atoms with Gasteiger partial charge in [0.05, 0.1) is 6.04 Å². The van der Waals surface area contributed by atoms with Crippen molar-refractivity contribution in [3.8, 4) is 12.3 Å². The second kappa shape index (κ2) is 6.17. The molecule has 0 bridgehead atoms. The van der Waals surface area contributed by atoms with E-state index in [2.05, 4.69) is 11.2 Å². The molecule has 1 atom stereocenters. The Labute approximate surface area is 86.4 Å². The minimum Gasteiger partial charge on any atom is -0.329 e. The molecule has 0 aromatic rings. The van der Waals surface area contributed by atoms with Gasteiger partial charge >= 0.3 is 12.2 Å². The number of nitrogens with one attached hydrogen (secondary N) is 2. The molecular weight excluding hydrogens is 209 g/mol. The second-order valence-corrected chi connectivity index (χ2v) is 2.95. The Kier molecular flexibility index (Phi) is 5.60. The van der Waals surface area contributed by atoms with E-state index in [0.717, 1.165) is 6.42 Å². The van der Waals surface area contributed by atoms with Gasteiger partial charge in [-0.1, -0.05) is 19.3 Å². The Hall–Kier alpha value is -1.38. The molecule has 0 saturated carbocycles. The van der Waals surface area contributed by atoms with Gasteiger partial charge in [0.25, 0.3) is 0 Å². The zero-order chi connectivity index (χ0) is 11.9. The van der Waals surface area contributed by atoms with E-state index in [9.17, 15) is 18.0 Å². The number of urea groups is 1. The predicted molar refractivity (Wildman–Crippen MR) is 50.1 cm³/mol. The first kappa shape index (κ1) is 13.6. The molecule has 15 heavy (non-hydrogen) atoms. The molecule has 0 aliphatic rings. The van der Waals surface area contributed by atoms with Crippen LogP contribution in [0.2, 0.25) is 0 Å². The van der Waals surface area contributed by atoms with Crippen molar-refractivity contribution < 1.29 is 18.0 Å². The third kappa shape index (κ3) is 7.67. The van der Waals surface area contributed by atoms with E-state index in [1.54, 1.807) is 5.32 Å². The van der Waals surface area contributed by atoms with Gasteiger partial charge in [0, 0.05) is 0 Å². The zero-order valence-electron chi connectivity index (χ0n) is 8.32. The van der Waals surface area contributed by atoms with Crippen LogP contribution in [-0.4, -0.2) is 24.8 Å². The van der Waals surface area contributed by atoms with Crippen molar-refractivity contribution in [3.05, 3.63) is 0 Å². The molecule has 0 aromatic heterocycles. The summed E-state index contributed by atoms with van der Waals surface area (Å²) in [6, 6.07) is -1.42. The fraction of sp³-hybridized carbons (Fsp3) is 0.667. The highest BCUT2D eigenvalue weighted by Crippen LogP contribution is 2.11. The number of hydrogen-bond acceptors (Lipinski definition) is 1.